The van der Waals surface area contributed by atoms with Crippen LogP contribution in [0.5, 0.6) is 5.75 Å². The molecule has 1 fully saturated rings. The number of para-hydroxylation sites is 1. The van der Waals surface area contributed by atoms with E-state index in [4.69, 9.17) is 4.74 Å². The molecule has 4 nitrogen and oxygen atoms in total. The van der Waals surface area contributed by atoms with E-state index >= 15 is 0 Å². The van der Waals surface area contributed by atoms with Gasteiger partial charge in [-0.25, -0.2) is 0 Å². The molecule has 0 saturated carbocycles. The zero-order valence-corrected chi connectivity index (χ0v) is 13.8. The maximum absolute atomic E-state index is 12.5. The van der Waals surface area contributed by atoms with Crippen LogP contribution >= 0.6 is 11.8 Å². The van der Waals surface area contributed by atoms with Crippen molar-refractivity contribution in [2.75, 3.05) is 5.75 Å². The van der Waals surface area contributed by atoms with E-state index in [2.05, 4.69) is 10.1 Å². The number of esters is 1. The Morgan fingerprint density at radius 3 is 2.52 bits per heavy atom. The third kappa shape index (κ3) is 5.31. The van der Waals surface area contributed by atoms with Crippen molar-refractivity contribution in [3.63, 3.8) is 0 Å². The molecule has 1 aromatic rings. The molecule has 1 N–H and O–H groups in total. The van der Waals surface area contributed by atoms with Crippen LogP contribution in [0.3, 0.4) is 0 Å². The summed E-state index contributed by atoms with van der Waals surface area (Å²) < 4.78 is 46.8. The van der Waals surface area contributed by atoms with Crippen LogP contribution in [0.15, 0.2) is 24.3 Å². The summed E-state index contributed by atoms with van der Waals surface area (Å²) in [5.41, 5.74) is -0.264. The van der Waals surface area contributed by atoms with E-state index in [9.17, 15) is 18.0 Å². The summed E-state index contributed by atoms with van der Waals surface area (Å²) in [4.78, 5) is 12.0. The predicted molar refractivity (Wildman–Crippen MR) is 81.1 cm³/mol. The number of alkyl halides is 3. The average molecular weight is 349 g/mol. The number of benzene rings is 1. The Bertz CT molecular complexity index is 572. The Morgan fingerprint density at radius 2 is 1.91 bits per heavy atom. The van der Waals surface area contributed by atoms with E-state index in [1.165, 1.54) is 23.9 Å². The molecule has 8 heteroatoms. The van der Waals surface area contributed by atoms with Crippen LogP contribution < -0.4 is 10.1 Å². The minimum atomic E-state index is -4.76. The van der Waals surface area contributed by atoms with Crippen molar-refractivity contribution in [1.82, 2.24) is 5.32 Å². The molecule has 0 aliphatic carbocycles. The molecule has 0 amide bonds. The molecule has 1 unspecified atom stereocenters. The molecule has 2 rings (SSSR count). The number of rotatable bonds is 3. The topological polar surface area (TPSA) is 47.6 Å². The Labute approximate surface area is 136 Å². The molecule has 23 heavy (non-hydrogen) atoms. The van der Waals surface area contributed by atoms with Gasteiger partial charge in [0.05, 0.1) is 5.37 Å². The summed E-state index contributed by atoms with van der Waals surface area (Å²) in [6.07, 6.45) is -4.76. The van der Waals surface area contributed by atoms with Crippen LogP contribution in [0.4, 0.5) is 13.2 Å². The lowest BCUT2D eigenvalue weighted by atomic mass is 10.1. The van der Waals surface area contributed by atoms with Crippen LogP contribution in [-0.4, -0.2) is 29.7 Å². The van der Waals surface area contributed by atoms with Crippen LogP contribution in [0.25, 0.3) is 0 Å². The lowest BCUT2D eigenvalue weighted by Gasteiger charge is -2.22. The fourth-order valence-electron chi connectivity index (χ4n) is 2.07. The highest BCUT2D eigenvalue weighted by Gasteiger charge is 2.37. The van der Waals surface area contributed by atoms with Crippen molar-refractivity contribution in [3.05, 3.63) is 29.8 Å². The molecule has 2 atom stereocenters. The largest absolute Gasteiger partial charge is 0.573 e. The molecular weight excluding hydrogens is 331 g/mol. The van der Waals surface area contributed by atoms with Crippen molar-refractivity contribution in [2.24, 2.45) is 0 Å². The van der Waals surface area contributed by atoms with Crippen LogP contribution in [0, 0.1) is 0 Å². The number of ether oxygens (including phenoxy) is 2. The lowest BCUT2D eigenvalue weighted by Crippen LogP contribution is -2.39. The van der Waals surface area contributed by atoms with Gasteiger partial charge in [-0.1, -0.05) is 18.2 Å². The van der Waals surface area contributed by atoms with Gasteiger partial charge in [-0.2, -0.15) is 0 Å². The van der Waals surface area contributed by atoms with Gasteiger partial charge in [0.25, 0.3) is 0 Å². The van der Waals surface area contributed by atoms with Gasteiger partial charge in [-0.05, 0) is 26.8 Å². The van der Waals surface area contributed by atoms with Gasteiger partial charge in [0.1, 0.15) is 17.4 Å². The Morgan fingerprint density at radius 1 is 1.26 bits per heavy atom. The number of nitrogens with one attached hydrogen (secondary N) is 1. The molecule has 0 spiro atoms. The van der Waals surface area contributed by atoms with Gasteiger partial charge in [0.2, 0.25) is 0 Å². The molecule has 1 aliphatic rings. The number of halogens is 3. The summed E-state index contributed by atoms with van der Waals surface area (Å²) in [5, 5.41) is 2.53. The zero-order valence-electron chi connectivity index (χ0n) is 12.9. The summed E-state index contributed by atoms with van der Waals surface area (Å²) in [7, 11) is 0. The molecule has 0 radical (unpaired) electrons. The maximum Gasteiger partial charge on any atom is 0.573 e. The zero-order chi connectivity index (χ0) is 17.3. The fourth-order valence-corrected chi connectivity index (χ4v) is 3.33. The predicted octanol–water partition coefficient (Wildman–Crippen LogP) is 3.63. The van der Waals surface area contributed by atoms with Crippen molar-refractivity contribution in [1.29, 1.82) is 0 Å². The first kappa shape index (κ1) is 17.9. The smallest absolute Gasteiger partial charge is 0.459 e. The monoisotopic (exact) mass is 349 g/mol. The van der Waals surface area contributed by atoms with Crippen molar-refractivity contribution >= 4 is 17.7 Å². The SMILES string of the molecule is CC(C)(C)OC(=O)[C@@H]1CSC(c2ccccc2OC(F)(F)F)N1. The first-order valence-electron chi connectivity index (χ1n) is 7.00. The van der Waals surface area contributed by atoms with E-state index in [0.717, 1.165) is 0 Å². The minimum absolute atomic E-state index is 0.269. The number of carbonyl (C=O) groups is 1. The third-order valence-corrected chi connectivity index (χ3v) is 4.15. The Balaban J connectivity index is 2.09. The van der Waals surface area contributed by atoms with Gasteiger partial charge >= 0.3 is 12.3 Å². The molecule has 1 aromatic carbocycles. The second kappa shape index (κ2) is 6.60. The number of hydrogen-bond donors (Lipinski definition) is 1. The normalized spacial score (nSPS) is 22.0. The quantitative estimate of drug-likeness (QED) is 0.845. The highest BCUT2D eigenvalue weighted by Crippen LogP contribution is 2.39. The Kier molecular flexibility index (Phi) is 5.15. The lowest BCUT2D eigenvalue weighted by molar-refractivity contribution is -0.274. The summed E-state index contributed by atoms with van der Waals surface area (Å²) in [6.45, 7) is 5.28. The van der Waals surface area contributed by atoms with Crippen molar-refractivity contribution in [3.8, 4) is 5.75 Å². The van der Waals surface area contributed by atoms with Gasteiger partial charge < -0.3 is 9.47 Å². The third-order valence-electron chi connectivity index (χ3n) is 2.90. The first-order valence-corrected chi connectivity index (χ1v) is 8.05. The van der Waals surface area contributed by atoms with Gasteiger partial charge in [0, 0.05) is 11.3 Å². The average Bonchev–Trinajstić information content (AvgIpc) is 2.85. The van der Waals surface area contributed by atoms with E-state index < -0.39 is 29.3 Å². The van der Waals surface area contributed by atoms with Crippen molar-refractivity contribution in [2.45, 2.75) is 44.2 Å². The minimum Gasteiger partial charge on any atom is -0.459 e. The molecular formula is C15H18F3NO3S. The van der Waals surface area contributed by atoms with Gasteiger partial charge in [0.15, 0.2) is 0 Å². The summed E-state index contributed by atoms with van der Waals surface area (Å²) in [5.74, 6) is -0.267. The van der Waals surface area contributed by atoms with E-state index in [0.29, 0.717) is 11.3 Å². The van der Waals surface area contributed by atoms with Crippen LogP contribution in [0.2, 0.25) is 0 Å². The molecule has 1 saturated heterocycles. The Hall–Kier alpha value is -1.41. The molecule has 0 bridgehead atoms. The van der Waals surface area contributed by atoms with Gasteiger partial charge in [-0.3, -0.25) is 10.1 Å². The van der Waals surface area contributed by atoms with E-state index in [1.807, 2.05) is 0 Å². The fraction of sp³-hybridized carbons (Fsp3) is 0.533. The highest BCUT2D eigenvalue weighted by atomic mass is 32.2. The van der Waals surface area contributed by atoms with E-state index in [1.54, 1.807) is 32.9 Å². The second-order valence-corrected chi connectivity index (χ2v) is 7.19. The maximum atomic E-state index is 12.5. The first-order chi connectivity index (χ1) is 10.6. The molecule has 128 valence electrons. The van der Waals surface area contributed by atoms with Crippen molar-refractivity contribution < 1.29 is 27.4 Å². The molecule has 0 aromatic heterocycles. The highest BCUT2D eigenvalue weighted by molar-refractivity contribution is 7.99. The number of carbonyl (C=O) groups excluding carboxylic acids is 1. The van der Waals surface area contributed by atoms with Gasteiger partial charge in [-0.15, -0.1) is 24.9 Å². The summed E-state index contributed by atoms with van der Waals surface area (Å²) in [6, 6.07) is 5.33. The molecule has 1 heterocycles. The number of thioether (sulfide) groups is 1. The standard InChI is InChI=1S/C15H18F3NO3S/c1-14(2,3)22-13(20)10-8-23-12(19-10)9-6-4-5-7-11(9)21-15(16,17)18/h4-7,10,12,19H,8H2,1-3H3/t10-,12?/m0/s1. The van der Waals surface area contributed by atoms with Crippen LogP contribution in [-0.2, 0) is 9.53 Å². The second-order valence-electron chi connectivity index (χ2n) is 6.05. The van der Waals surface area contributed by atoms with Crippen LogP contribution in [0.1, 0.15) is 31.7 Å². The number of hydrogen-bond acceptors (Lipinski definition) is 5. The summed E-state index contributed by atoms with van der Waals surface area (Å²) >= 11 is 1.34. The van der Waals surface area contributed by atoms with E-state index in [-0.39, 0.29) is 5.75 Å². The molecule has 1 aliphatic heterocycles.